The van der Waals surface area contributed by atoms with Crippen LogP contribution in [0.25, 0.3) is 0 Å². The fourth-order valence-corrected chi connectivity index (χ4v) is 4.96. The number of hydrogen-bond donors (Lipinski definition) is 2. The molecule has 1 saturated carbocycles. The molecule has 2 aliphatic rings. The van der Waals surface area contributed by atoms with E-state index < -0.39 is 11.5 Å². The van der Waals surface area contributed by atoms with Gasteiger partial charge in [0, 0.05) is 23.5 Å². The van der Waals surface area contributed by atoms with Crippen molar-refractivity contribution in [3.63, 3.8) is 0 Å². The van der Waals surface area contributed by atoms with Crippen LogP contribution < -0.4 is 10.1 Å². The molecule has 4 rings (SSSR count). The Labute approximate surface area is 201 Å². The molecular weight excluding hydrogens is 430 g/mol. The fourth-order valence-electron chi connectivity index (χ4n) is 4.96. The van der Waals surface area contributed by atoms with Gasteiger partial charge in [0.15, 0.2) is 0 Å². The summed E-state index contributed by atoms with van der Waals surface area (Å²) >= 11 is 0. The number of aryl methyl sites for hydroxylation is 1. The van der Waals surface area contributed by atoms with E-state index in [0.717, 1.165) is 31.2 Å². The predicted octanol–water partition coefficient (Wildman–Crippen LogP) is 4.88. The van der Waals surface area contributed by atoms with Gasteiger partial charge in [0.05, 0.1) is 19.8 Å². The lowest BCUT2D eigenvalue weighted by Gasteiger charge is -2.37. The first-order valence-corrected chi connectivity index (χ1v) is 12.4. The van der Waals surface area contributed by atoms with Crippen LogP contribution in [0.2, 0.25) is 0 Å². The van der Waals surface area contributed by atoms with E-state index >= 15 is 0 Å². The number of rotatable bonds is 9. The number of ether oxygens (including phenoxy) is 2. The lowest BCUT2D eigenvalue weighted by atomic mass is 9.75. The highest BCUT2D eigenvalue weighted by molar-refractivity contribution is 5.98. The van der Waals surface area contributed by atoms with Gasteiger partial charge in [0.2, 0.25) is 0 Å². The zero-order valence-corrected chi connectivity index (χ0v) is 20.1. The van der Waals surface area contributed by atoms with E-state index in [0.29, 0.717) is 49.9 Å². The molecule has 6 nitrogen and oxygen atoms in total. The molecule has 2 fully saturated rings. The number of carboxylic acids is 1. The maximum atomic E-state index is 13.2. The monoisotopic (exact) mass is 465 g/mol. The van der Waals surface area contributed by atoms with Gasteiger partial charge in [-0.1, -0.05) is 49.2 Å². The SMILES string of the molecule is CCC1CCC(NC(=O)c2ccc(C3COC3)c(OCCc3cccc(C)c3)c2)(C(=O)O)CC1. The molecule has 34 heavy (non-hydrogen) atoms. The van der Waals surface area contributed by atoms with Crippen LogP contribution in [0, 0.1) is 12.8 Å². The van der Waals surface area contributed by atoms with E-state index in [1.807, 2.05) is 12.1 Å². The second-order valence-electron chi connectivity index (χ2n) is 9.77. The number of amides is 1. The van der Waals surface area contributed by atoms with Crippen molar-refractivity contribution >= 4 is 11.9 Å². The van der Waals surface area contributed by atoms with Crippen LogP contribution in [0.1, 0.15) is 72.0 Å². The predicted molar refractivity (Wildman–Crippen MR) is 130 cm³/mol. The number of carboxylic acid groups (broad SMARTS) is 1. The quantitative estimate of drug-likeness (QED) is 0.551. The molecule has 0 unspecified atom stereocenters. The first kappa shape index (κ1) is 24.3. The Hall–Kier alpha value is -2.86. The molecule has 0 radical (unpaired) electrons. The van der Waals surface area contributed by atoms with Crippen LogP contribution in [-0.4, -0.2) is 42.3 Å². The normalized spacial score (nSPS) is 22.6. The topological polar surface area (TPSA) is 84.9 Å². The summed E-state index contributed by atoms with van der Waals surface area (Å²) < 4.78 is 11.5. The van der Waals surface area contributed by atoms with Gasteiger partial charge in [-0.3, -0.25) is 4.79 Å². The molecule has 0 atom stereocenters. The average molecular weight is 466 g/mol. The molecule has 1 aliphatic heterocycles. The van der Waals surface area contributed by atoms with Crippen molar-refractivity contribution in [1.82, 2.24) is 5.32 Å². The minimum Gasteiger partial charge on any atom is -0.493 e. The van der Waals surface area contributed by atoms with Crippen molar-refractivity contribution in [3.8, 4) is 5.75 Å². The Morgan fingerprint density at radius 3 is 2.53 bits per heavy atom. The summed E-state index contributed by atoms with van der Waals surface area (Å²) in [5.41, 5.74) is 2.67. The summed E-state index contributed by atoms with van der Waals surface area (Å²) in [7, 11) is 0. The van der Waals surface area contributed by atoms with Crippen molar-refractivity contribution in [3.05, 3.63) is 64.7 Å². The van der Waals surface area contributed by atoms with E-state index in [1.165, 1.54) is 11.1 Å². The number of carbonyl (C=O) groups excluding carboxylic acids is 1. The third-order valence-corrected chi connectivity index (χ3v) is 7.38. The average Bonchev–Trinajstić information content (AvgIpc) is 2.79. The van der Waals surface area contributed by atoms with Crippen LogP contribution in [-0.2, 0) is 16.0 Å². The second kappa shape index (κ2) is 10.6. The number of nitrogens with one attached hydrogen (secondary N) is 1. The highest BCUT2D eigenvalue weighted by atomic mass is 16.5. The molecule has 2 aromatic rings. The lowest BCUT2D eigenvalue weighted by Crippen LogP contribution is -2.56. The van der Waals surface area contributed by atoms with E-state index in [2.05, 4.69) is 37.4 Å². The maximum Gasteiger partial charge on any atom is 0.329 e. The summed E-state index contributed by atoms with van der Waals surface area (Å²) in [6, 6.07) is 13.8. The first-order chi connectivity index (χ1) is 16.4. The molecular formula is C28H35NO5. The van der Waals surface area contributed by atoms with Gasteiger partial charge in [-0.05, 0) is 56.2 Å². The zero-order valence-electron chi connectivity index (χ0n) is 20.1. The van der Waals surface area contributed by atoms with E-state index in [1.54, 1.807) is 12.1 Å². The Morgan fingerprint density at radius 1 is 1.15 bits per heavy atom. The summed E-state index contributed by atoms with van der Waals surface area (Å²) in [4.78, 5) is 25.3. The summed E-state index contributed by atoms with van der Waals surface area (Å²) in [6.07, 6.45) is 4.36. The van der Waals surface area contributed by atoms with Crippen LogP contribution >= 0.6 is 0 Å². The number of carbonyl (C=O) groups is 2. The molecule has 2 N–H and O–H groups in total. The van der Waals surface area contributed by atoms with Gasteiger partial charge in [0.25, 0.3) is 5.91 Å². The Balaban J connectivity index is 1.49. The van der Waals surface area contributed by atoms with Crippen molar-refractivity contribution in [2.45, 2.75) is 63.8 Å². The summed E-state index contributed by atoms with van der Waals surface area (Å²) in [6.45, 7) is 5.97. The lowest BCUT2D eigenvalue weighted by molar-refractivity contribution is -0.146. The van der Waals surface area contributed by atoms with Gasteiger partial charge in [-0.15, -0.1) is 0 Å². The number of hydrogen-bond acceptors (Lipinski definition) is 4. The van der Waals surface area contributed by atoms with Crippen LogP contribution in [0.15, 0.2) is 42.5 Å². The Morgan fingerprint density at radius 2 is 1.91 bits per heavy atom. The smallest absolute Gasteiger partial charge is 0.329 e. The largest absolute Gasteiger partial charge is 0.493 e. The molecule has 1 saturated heterocycles. The molecule has 1 aliphatic carbocycles. The van der Waals surface area contributed by atoms with Crippen molar-refractivity contribution in [1.29, 1.82) is 0 Å². The summed E-state index contributed by atoms with van der Waals surface area (Å²) in [5, 5.41) is 12.8. The Bertz CT molecular complexity index is 1020. The molecule has 1 amide bonds. The van der Waals surface area contributed by atoms with Crippen LogP contribution in [0.4, 0.5) is 0 Å². The minimum absolute atomic E-state index is 0.251. The van der Waals surface area contributed by atoms with Gasteiger partial charge in [-0.2, -0.15) is 0 Å². The molecule has 0 spiro atoms. The third kappa shape index (κ3) is 5.44. The van der Waals surface area contributed by atoms with Crippen molar-refractivity contribution < 1.29 is 24.2 Å². The molecule has 0 aromatic heterocycles. The van der Waals surface area contributed by atoms with Gasteiger partial charge < -0.3 is 19.9 Å². The molecule has 0 bridgehead atoms. The molecule has 1 heterocycles. The number of benzene rings is 2. The highest BCUT2D eigenvalue weighted by Crippen LogP contribution is 2.36. The molecule has 182 valence electrons. The zero-order chi connectivity index (χ0) is 24.1. The van der Waals surface area contributed by atoms with Crippen molar-refractivity contribution in [2.75, 3.05) is 19.8 Å². The van der Waals surface area contributed by atoms with Gasteiger partial charge in [-0.25, -0.2) is 4.79 Å². The number of aliphatic carboxylic acids is 1. The fraction of sp³-hybridized carbons (Fsp3) is 0.500. The maximum absolute atomic E-state index is 13.2. The van der Waals surface area contributed by atoms with Gasteiger partial charge in [0.1, 0.15) is 11.3 Å². The molecule has 2 aromatic carbocycles. The standard InChI is InChI=1S/C28H35NO5/c1-3-20-9-12-28(13-10-20,27(31)32)29-26(30)22-7-8-24(23-17-33-18-23)25(16-22)34-14-11-21-6-4-5-19(2)15-21/h4-8,15-16,20,23H,3,9-14,17-18H2,1-2H3,(H,29,30)(H,31,32). The van der Waals surface area contributed by atoms with E-state index in [9.17, 15) is 14.7 Å². The van der Waals surface area contributed by atoms with E-state index in [-0.39, 0.29) is 11.8 Å². The van der Waals surface area contributed by atoms with Crippen LogP contribution in [0.5, 0.6) is 5.75 Å². The Kier molecular flexibility index (Phi) is 7.57. The third-order valence-electron chi connectivity index (χ3n) is 7.38. The highest BCUT2D eigenvalue weighted by Gasteiger charge is 2.43. The summed E-state index contributed by atoms with van der Waals surface area (Å²) in [5.74, 6) is 0.140. The van der Waals surface area contributed by atoms with E-state index in [4.69, 9.17) is 9.47 Å². The van der Waals surface area contributed by atoms with Crippen molar-refractivity contribution in [2.24, 2.45) is 5.92 Å². The van der Waals surface area contributed by atoms with Gasteiger partial charge >= 0.3 is 5.97 Å². The molecule has 6 heteroatoms. The minimum atomic E-state index is -1.20. The van der Waals surface area contributed by atoms with Crippen LogP contribution in [0.3, 0.4) is 0 Å². The second-order valence-corrected chi connectivity index (χ2v) is 9.77. The first-order valence-electron chi connectivity index (χ1n) is 12.4.